The van der Waals surface area contributed by atoms with Crippen LogP contribution in [0, 0.1) is 0 Å². The van der Waals surface area contributed by atoms with Crippen LogP contribution in [0.3, 0.4) is 0 Å². The fourth-order valence-electron chi connectivity index (χ4n) is 4.77. The van der Waals surface area contributed by atoms with Crippen LogP contribution in [0.2, 0.25) is 0 Å². The number of nitrogens with two attached hydrogens (primary N) is 1. The lowest BCUT2D eigenvalue weighted by Gasteiger charge is -2.46. The highest BCUT2D eigenvalue weighted by molar-refractivity contribution is 7.61. The van der Waals surface area contributed by atoms with Crippen molar-refractivity contribution in [1.29, 1.82) is 0 Å². The molecule has 0 saturated carbocycles. The molecule has 1 heterocycles. The summed E-state index contributed by atoms with van der Waals surface area (Å²) in [7, 11) is -0.689. The summed E-state index contributed by atoms with van der Waals surface area (Å²) in [5.41, 5.74) is 10.2. The molecule has 30 heavy (non-hydrogen) atoms. The molecule has 0 aliphatic carbocycles. The zero-order valence-corrected chi connectivity index (χ0v) is 23.8. The lowest BCUT2D eigenvalue weighted by molar-refractivity contribution is 0.688. The fourth-order valence-corrected chi connectivity index (χ4v) is 12.7. The summed E-state index contributed by atoms with van der Waals surface area (Å²) < 4.78 is 0. The summed E-state index contributed by atoms with van der Waals surface area (Å²) in [4.78, 5) is 5.27. The Hall–Kier alpha value is -0.450. The maximum absolute atomic E-state index is 6.67. The molecule has 1 atom stereocenters. The van der Waals surface area contributed by atoms with E-state index < -0.39 is 7.92 Å². The van der Waals surface area contributed by atoms with Gasteiger partial charge in [-0.15, -0.1) is 0 Å². The maximum atomic E-state index is 6.67. The summed E-state index contributed by atoms with van der Waals surface area (Å²) in [5.74, 6) is 0. The first-order valence-electron chi connectivity index (χ1n) is 11.2. The van der Waals surface area contributed by atoms with Crippen molar-refractivity contribution in [2.24, 2.45) is 5.73 Å². The molecule has 0 radical (unpaired) electrons. The van der Waals surface area contributed by atoms with Gasteiger partial charge in [0.2, 0.25) is 0 Å². The van der Waals surface area contributed by atoms with Crippen molar-refractivity contribution in [3.05, 3.63) is 41.4 Å². The van der Waals surface area contributed by atoms with Crippen LogP contribution in [-0.4, -0.2) is 25.6 Å². The van der Waals surface area contributed by atoms with Gasteiger partial charge in [0.15, 0.2) is 0 Å². The molecular weight excluding hydrogens is 402 g/mol. The average molecular weight is 451 g/mol. The van der Waals surface area contributed by atoms with Crippen LogP contribution in [0.4, 0.5) is 0 Å². The minimum absolute atomic E-state index is 0.174. The monoisotopic (exact) mass is 450 g/mol. The van der Waals surface area contributed by atoms with Crippen LogP contribution in [0.25, 0.3) is 0 Å². The SMILES string of the molecule is CC=C(N)C(c1cccc(CP(C(C)(C)C)C(C)(C)C)n1)P(C(C)(C)C)C(C)(C)C. The molecule has 1 aromatic rings. The van der Waals surface area contributed by atoms with Crippen molar-refractivity contribution in [3.8, 4) is 0 Å². The third-order valence-corrected chi connectivity index (χ3v) is 13.2. The lowest BCUT2D eigenvalue weighted by Crippen LogP contribution is -2.31. The second kappa shape index (κ2) is 9.58. The van der Waals surface area contributed by atoms with E-state index in [1.807, 2.05) is 0 Å². The van der Waals surface area contributed by atoms with Crippen molar-refractivity contribution < 1.29 is 0 Å². The number of hydrogen-bond acceptors (Lipinski definition) is 2. The molecule has 1 rings (SSSR count). The van der Waals surface area contributed by atoms with Gasteiger partial charge in [0.05, 0.1) is 11.4 Å². The van der Waals surface area contributed by atoms with Crippen molar-refractivity contribution >= 4 is 15.8 Å². The van der Waals surface area contributed by atoms with Crippen molar-refractivity contribution in [2.75, 3.05) is 0 Å². The van der Waals surface area contributed by atoms with Gasteiger partial charge >= 0.3 is 0 Å². The van der Waals surface area contributed by atoms with Crippen LogP contribution in [0.5, 0.6) is 0 Å². The summed E-state index contributed by atoms with van der Waals surface area (Å²) in [6, 6.07) is 6.62. The molecule has 4 heteroatoms. The van der Waals surface area contributed by atoms with Crippen LogP contribution in [0.1, 0.15) is 107 Å². The van der Waals surface area contributed by atoms with Crippen LogP contribution in [0.15, 0.2) is 30.0 Å². The molecule has 172 valence electrons. The molecule has 0 spiro atoms. The summed E-state index contributed by atoms with van der Waals surface area (Å²) >= 11 is 0. The minimum Gasteiger partial charge on any atom is -0.401 e. The Morgan fingerprint density at radius 1 is 0.867 bits per heavy atom. The van der Waals surface area contributed by atoms with Crippen LogP contribution < -0.4 is 5.73 Å². The van der Waals surface area contributed by atoms with E-state index in [0.717, 1.165) is 17.6 Å². The number of nitrogens with zero attached hydrogens (tertiary/aromatic N) is 1. The Morgan fingerprint density at radius 3 is 1.70 bits per heavy atom. The molecule has 0 aliphatic rings. The largest absolute Gasteiger partial charge is 0.401 e. The van der Waals surface area contributed by atoms with Gasteiger partial charge < -0.3 is 5.73 Å². The van der Waals surface area contributed by atoms with Crippen LogP contribution >= 0.6 is 15.8 Å². The van der Waals surface area contributed by atoms with E-state index in [0.29, 0.717) is 0 Å². The predicted octanol–water partition coefficient (Wildman–Crippen LogP) is 8.64. The number of hydrogen-bond donors (Lipinski definition) is 1. The quantitative estimate of drug-likeness (QED) is 0.456. The molecule has 0 amide bonds. The molecule has 1 aromatic heterocycles. The smallest absolute Gasteiger partial charge is 0.0614 e. The zero-order chi connectivity index (χ0) is 23.7. The van der Waals surface area contributed by atoms with Gasteiger partial charge in [-0.05, 0) is 39.7 Å². The van der Waals surface area contributed by atoms with Gasteiger partial charge in [0.1, 0.15) is 0 Å². The highest BCUT2D eigenvalue weighted by Gasteiger charge is 2.42. The van der Waals surface area contributed by atoms with Gasteiger partial charge in [-0.2, -0.15) is 0 Å². The van der Waals surface area contributed by atoms with Gasteiger partial charge in [0.25, 0.3) is 0 Å². The topological polar surface area (TPSA) is 38.9 Å². The predicted molar refractivity (Wildman–Crippen MR) is 141 cm³/mol. The first kappa shape index (κ1) is 27.6. The van der Waals surface area contributed by atoms with E-state index in [2.05, 4.69) is 114 Å². The Morgan fingerprint density at radius 2 is 1.33 bits per heavy atom. The van der Waals surface area contributed by atoms with Crippen LogP contribution in [-0.2, 0) is 6.16 Å². The highest BCUT2D eigenvalue weighted by atomic mass is 31.1. The Kier molecular flexibility index (Phi) is 8.81. The molecule has 0 aliphatic heterocycles. The van der Waals surface area contributed by atoms with E-state index in [9.17, 15) is 0 Å². The normalized spacial score (nSPS) is 15.8. The van der Waals surface area contributed by atoms with E-state index in [1.54, 1.807) is 0 Å². The summed E-state index contributed by atoms with van der Waals surface area (Å²) in [6.45, 7) is 30.5. The fraction of sp³-hybridized carbons (Fsp3) is 0.731. The summed E-state index contributed by atoms with van der Waals surface area (Å²) in [5, 5.41) is 0.924. The van der Waals surface area contributed by atoms with Gasteiger partial charge in [0, 0.05) is 17.6 Å². The Bertz CT molecular complexity index is 697. The second-order valence-corrected chi connectivity index (χ2v) is 20.2. The molecular formula is C26H48N2P2. The molecule has 2 N–H and O–H groups in total. The van der Waals surface area contributed by atoms with Gasteiger partial charge in [-0.25, -0.2) is 0 Å². The highest BCUT2D eigenvalue weighted by Crippen LogP contribution is 2.69. The molecule has 0 fully saturated rings. The molecule has 0 bridgehead atoms. The standard InChI is InChI=1S/C26H48N2P2/c1-14-20(27)22(30(25(8,9)10)26(11,12)13)21-17-15-16-19(28-21)18-29(23(2,3)4)24(5,6)7/h14-17,22H,18,27H2,1-13H3. The Balaban J connectivity index is 3.54. The Labute approximate surface area is 190 Å². The molecule has 1 unspecified atom stereocenters. The second-order valence-electron chi connectivity index (χ2n) is 12.4. The first-order chi connectivity index (χ1) is 13.3. The maximum Gasteiger partial charge on any atom is 0.0614 e. The van der Waals surface area contributed by atoms with E-state index in [4.69, 9.17) is 10.7 Å². The molecule has 0 aromatic carbocycles. The number of pyridine rings is 1. The number of rotatable bonds is 5. The molecule has 0 saturated heterocycles. The van der Waals surface area contributed by atoms with Crippen molar-refractivity contribution in [3.63, 3.8) is 0 Å². The number of allylic oxidation sites excluding steroid dienone is 2. The van der Waals surface area contributed by atoms with E-state index >= 15 is 0 Å². The third-order valence-electron chi connectivity index (χ3n) is 5.40. The summed E-state index contributed by atoms with van der Waals surface area (Å²) in [6.07, 6.45) is 3.14. The van der Waals surface area contributed by atoms with Crippen molar-refractivity contribution in [1.82, 2.24) is 4.98 Å². The first-order valence-corrected chi connectivity index (χ1v) is 14.2. The van der Waals surface area contributed by atoms with Gasteiger partial charge in [-0.3, -0.25) is 4.98 Å². The minimum atomic E-state index is -0.456. The number of aromatic nitrogens is 1. The third kappa shape index (κ3) is 7.31. The lowest BCUT2D eigenvalue weighted by atomic mass is 10.2. The zero-order valence-electron chi connectivity index (χ0n) is 22.0. The van der Waals surface area contributed by atoms with E-state index in [1.165, 1.54) is 5.69 Å². The van der Waals surface area contributed by atoms with Crippen molar-refractivity contribution in [2.45, 2.75) is 122 Å². The average Bonchev–Trinajstić information content (AvgIpc) is 2.52. The van der Waals surface area contributed by atoms with Gasteiger partial charge in [-0.1, -0.05) is 111 Å². The van der Waals surface area contributed by atoms with E-state index in [-0.39, 0.29) is 34.2 Å². The molecule has 2 nitrogen and oxygen atoms in total.